The predicted molar refractivity (Wildman–Crippen MR) is 68.0 cm³/mol. The molecule has 0 aromatic heterocycles. The summed E-state index contributed by atoms with van der Waals surface area (Å²) < 4.78 is 13.3. The fraction of sp³-hybridized carbons (Fsp3) is 0.0667. The van der Waals surface area contributed by atoms with E-state index in [9.17, 15) is 14.4 Å². The fourth-order valence-corrected chi connectivity index (χ4v) is 2.34. The minimum Gasteiger partial charge on any atom is -0.288 e. The van der Waals surface area contributed by atoms with E-state index in [0.29, 0.717) is 16.8 Å². The lowest BCUT2D eigenvalue weighted by atomic mass is 10.1. The van der Waals surface area contributed by atoms with Gasteiger partial charge in [0.1, 0.15) is 5.82 Å². The molecule has 0 aliphatic carbocycles. The Bertz CT molecular complexity index is 705. The van der Waals surface area contributed by atoms with E-state index in [4.69, 9.17) is 0 Å². The van der Waals surface area contributed by atoms with Gasteiger partial charge in [-0.3, -0.25) is 9.69 Å². The first-order valence-electron chi connectivity index (χ1n) is 5.80. The first kappa shape index (κ1) is 11.4. The maximum Gasteiger partial charge on any atom is 0.260 e. The second kappa shape index (κ2) is 4.21. The Morgan fingerprint density at radius 3 is 2.68 bits per heavy atom. The molecule has 0 N–H and O–H groups in total. The van der Waals surface area contributed by atoms with E-state index in [1.54, 1.807) is 30.3 Å². The van der Waals surface area contributed by atoms with Crippen molar-refractivity contribution in [3.8, 4) is 6.07 Å². The van der Waals surface area contributed by atoms with Gasteiger partial charge in [0.15, 0.2) is 6.04 Å². The van der Waals surface area contributed by atoms with E-state index in [2.05, 4.69) is 6.07 Å². The van der Waals surface area contributed by atoms with Crippen molar-refractivity contribution in [2.45, 2.75) is 6.04 Å². The summed E-state index contributed by atoms with van der Waals surface area (Å²) in [6.45, 7) is 0. The topological polar surface area (TPSA) is 44.1 Å². The standard InChI is InChI=1S/C15H9FN2O/c16-10-4-3-5-11(8-10)18-14(9-17)12-6-1-2-7-13(12)15(18)19/h1-8,14H. The monoisotopic (exact) mass is 252 g/mol. The van der Waals surface area contributed by atoms with E-state index in [1.165, 1.54) is 23.1 Å². The van der Waals surface area contributed by atoms with Crippen LogP contribution in [0.3, 0.4) is 0 Å². The number of anilines is 1. The second-order valence-corrected chi connectivity index (χ2v) is 4.27. The van der Waals surface area contributed by atoms with Crippen LogP contribution in [-0.4, -0.2) is 5.91 Å². The van der Waals surface area contributed by atoms with Gasteiger partial charge in [0.25, 0.3) is 5.91 Å². The molecular weight excluding hydrogens is 243 g/mol. The lowest BCUT2D eigenvalue weighted by molar-refractivity contribution is 0.0994. The van der Waals surface area contributed by atoms with Crippen molar-refractivity contribution in [3.05, 3.63) is 65.5 Å². The molecule has 0 spiro atoms. The number of halogens is 1. The number of nitriles is 1. The third kappa shape index (κ3) is 1.67. The third-order valence-electron chi connectivity index (χ3n) is 3.17. The molecule has 2 aromatic rings. The number of fused-ring (bicyclic) bond motifs is 1. The average Bonchev–Trinajstić information content (AvgIpc) is 2.72. The van der Waals surface area contributed by atoms with Crippen molar-refractivity contribution in [2.24, 2.45) is 0 Å². The van der Waals surface area contributed by atoms with Gasteiger partial charge in [-0.2, -0.15) is 5.26 Å². The summed E-state index contributed by atoms with van der Waals surface area (Å²) in [4.78, 5) is 13.7. The van der Waals surface area contributed by atoms with Crippen LogP contribution in [0.1, 0.15) is 22.0 Å². The van der Waals surface area contributed by atoms with Crippen LogP contribution >= 0.6 is 0 Å². The molecule has 0 fully saturated rings. The van der Waals surface area contributed by atoms with Crippen molar-refractivity contribution >= 4 is 11.6 Å². The quantitative estimate of drug-likeness (QED) is 0.783. The van der Waals surface area contributed by atoms with Gasteiger partial charge in [0, 0.05) is 16.8 Å². The molecule has 1 heterocycles. The van der Waals surface area contributed by atoms with Crippen LogP contribution in [0.25, 0.3) is 0 Å². The van der Waals surface area contributed by atoms with Gasteiger partial charge in [-0.1, -0.05) is 24.3 Å². The van der Waals surface area contributed by atoms with Crippen LogP contribution in [-0.2, 0) is 0 Å². The van der Waals surface area contributed by atoms with Crippen LogP contribution in [0.15, 0.2) is 48.5 Å². The van der Waals surface area contributed by atoms with Gasteiger partial charge in [0.2, 0.25) is 0 Å². The number of hydrogen-bond donors (Lipinski definition) is 0. The normalized spacial score (nSPS) is 17.2. The molecule has 0 saturated carbocycles. The molecule has 1 unspecified atom stereocenters. The largest absolute Gasteiger partial charge is 0.288 e. The Labute approximate surface area is 109 Å². The fourth-order valence-electron chi connectivity index (χ4n) is 2.34. The summed E-state index contributed by atoms with van der Waals surface area (Å²) in [5.41, 5.74) is 1.56. The second-order valence-electron chi connectivity index (χ2n) is 4.27. The van der Waals surface area contributed by atoms with Crippen molar-refractivity contribution in [3.63, 3.8) is 0 Å². The Hall–Kier alpha value is -2.67. The van der Waals surface area contributed by atoms with Crippen LogP contribution in [0.5, 0.6) is 0 Å². The number of nitrogens with zero attached hydrogens (tertiary/aromatic N) is 2. The molecule has 1 aliphatic heterocycles. The predicted octanol–water partition coefficient (Wildman–Crippen LogP) is 3.05. The summed E-state index contributed by atoms with van der Waals surface area (Å²) in [6.07, 6.45) is 0. The lowest BCUT2D eigenvalue weighted by Crippen LogP contribution is -2.26. The molecule has 1 aliphatic rings. The van der Waals surface area contributed by atoms with E-state index in [0.717, 1.165) is 0 Å². The zero-order valence-electron chi connectivity index (χ0n) is 9.88. The lowest BCUT2D eigenvalue weighted by Gasteiger charge is -2.20. The van der Waals surface area contributed by atoms with Gasteiger partial charge in [-0.25, -0.2) is 4.39 Å². The van der Waals surface area contributed by atoms with Gasteiger partial charge >= 0.3 is 0 Å². The minimum absolute atomic E-state index is 0.271. The zero-order chi connectivity index (χ0) is 13.4. The molecule has 92 valence electrons. The molecule has 2 aromatic carbocycles. The zero-order valence-corrected chi connectivity index (χ0v) is 9.88. The van der Waals surface area contributed by atoms with E-state index in [-0.39, 0.29) is 5.91 Å². The first-order valence-corrected chi connectivity index (χ1v) is 5.80. The maximum atomic E-state index is 13.3. The molecule has 0 bridgehead atoms. The van der Waals surface area contributed by atoms with E-state index in [1.807, 2.05) is 0 Å². The molecule has 4 heteroatoms. The number of hydrogen-bond acceptors (Lipinski definition) is 2. The Kier molecular flexibility index (Phi) is 2.53. The highest BCUT2D eigenvalue weighted by molar-refractivity contribution is 6.11. The molecular formula is C15H9FN2O. The molecule has 19 heavy (non-hydrogen) atoms. The Morgan fingerprint density at radius 2 is 1.95 bits per heavy atom. The summed E-state index contributed by atoms with van der Waals surface area (Å²) in [6, 6.07) is 14.1. The van der Waals surface area contributed by atoms with Gasteiger partial charge in [-0.15, -0.1) is 0 Å². The number of benzene rings is 2. The van der Waals surface area contributed by atoms with Crippen LogP contribution in [0.2, 0.25) is 0 Å². The third-order valence-corrected chi connectivity index (χ3v) is 3.17. The summed E-state index contributed by atoms with van der Waals surface area (Å²) in [5, 5.41) is 9.29. The number of amides is 1. The molecule has 1 atom stereocenters. The van der Waals surface area contributed by atoms with Crippen molar-refractivity contribution in [1.29, 1.82) is 5.26 Å². The minimum atomic E-state index is -0.703. The SMILES string of the molecule is N#CC1c2ccccc2C(=O)N1c1cccc(F)c1. The Morgan fingerprint density at radius 1 is 1.16 bits per heavy atom. The molecule has 0 radical (unpaired) electrons. The number of carbonyl (C=O) groups excluding carboxylic acids is 1. The Balaban J connectivity index is 2.15. The first-order chi connectivity index (χ1) is 9.22. The highest BCUT2D eigenvalue weighted by Crippen LogP contribution is 2.36. The van der Waals surface area contributed by atoms with Crippen molar-refractivity contribution < 1.29 is 9.18 Å². The van der Waals surface area contributed by atoms with Crippen molar-refractivity contribution in [1.82, 2.24) is 0 Å². The number of carbonyl (C=O) groups is 1. The smallest absolute Gasteiger partial charge is 0.260 e. The van der Waals surface area contributed by atoms with Crippen LogP contribution < -0.4 is 4.90 Å². The highest BCUT2D eigenvalue weighted by atomic mass is 19.1. The summed E-state index contributed by atoms with van der Waals surface area (Å²) >= 11 is 0. The van der Waals surface area contributed by atoms with E-state index < -0.39 is 11.9 Å². The van der Waals surface area contributed by atoms with Crippen molar-refractivity contribution in [2.75, 3.05) is 4.90 Å². The van der Waals surface area contributed by atoms with Gasteiger partial charge in [-0.05, 0) is 24.3 Å². The highest BCUT2D eigenvalue weighted by Gasteiger charge is 2.37. The number of rotatable bonds is 1. The maximum absolute atomic E-state index is 13.3. The van der Waals surface area contributed by atoms with Crippen LogP contribution in [0, 0.1) is 17.1 Å². The van der Waals surface area contributed by atoms with Crippen LogP contribution in [0.4, 0.5) is 10.1 Å². The molecule has 0 saturated heterocycles. The summed E-state index contributed by atoms with van der Waals surface area (Å²) in [5.74, 6) is -0.703. The van der Waals surface area contributed by atoms with E-state index >= 15 is 0 Å². The average molecular weight is 252 g/mol. The molecule has 3 nitrogen and oxygen atoms in total. The van der Waals surface area contributed by atoms with Gasteiger partial charge < -0.3 is 0 Å². The molecule has 3 rings (SSSR count). The molecule has 1 amide bonds. The van der Waals surface area contributed by atoms with Gasteiger partial charge in [0.05, 0.1) is 6.07 Å². The summed E-state index contributed by atoms with van der Waals surface area (Å²) in [7, 11) is 0.